The number of aliphatic hydroxyl groups is 1. The summed E-state index contributed by atoms with van der Waals surface area (Å²) in [4.78, 5) is 0. The zero-order chi connectivity index (χ0) is 15.5. The predicted octanol–water partition coefficient (Wildman–Crippen LogP) is 2.74. The van der Waals surface area contributed by atoms with Crippen LogP contribution >= 0.6 is 0 Å². The van der Waals surface area contributed by atoms with Gasteiger partial charge in [0.25, 0.3) is 0 Å². The maximum atomic E-state index is 9.55. The smallest absolute Gasteiger partial charge is 0.118 e. The molecule has 1 heterocycles. The quantitative estimate of drug-likeness (QED) is 0.804. The number of benzene rings is 2. The molecule has 0 bridgehead atoms. The molecular formula is C17H17N3O2. The minimum Gasteiger partial charge on any atom is -0.497 e. The standard InChI is InChI=1S/C17H17N3O2/c1-12-4-3-5-14(10-12)20-17(16(11-21)18-19-20)13-6-8-15(22-2)9-7-13/h3-10,21H,11H2,1-2H3. The van der Waals surface area contributed by atoms with Crippen molar-refractivity contribution in [2.75, 3.05) is 7.11 Å². The molecule has 1 aromatic heterocycles. The van der Waals surface area contributed by atoms with E-state index in [0.717, 1.165) is 28.3 Å². The lowest BCUT2D eigenvalue weighted by Crippen LogP contribution is -2.00. The summed E-state index contributed by atoms with van der Waals surface area (Å²) in [6.07, 6.45) is 0. The van der Waals surface area contributed by atoms with Crippen LogP contribution in [0.3, 0.4) is 0 Å². The maximum absolute atomic E-state index is 9.55. The van der Waals surface area contributed by atoms with Crippen LogP contribution in [-0.4, -0.2) is 27.2 Å². The molecule has 0 amide bonds. The molecule has 0 fully saturated rings. The van der Waals surface area contributed by atoms with Crippen molar-refractivity contribution in [1.82, 2.24) is 15.0 Å². The molecule has 3 rings (SSSR count). The molecule has 3 aromatic rings. The van der Waals surface area contributed by atoms with Crippen molar-refractivity contribution in [3.63, 3.8) is 0 Å². The second-order valence-electron chi connectivity index (χ2n) is 5.02. The normalized spacial score (nSPS) is 10.7. The second-order valence-corrected chi connectivity index (χ2v) is 5.02. The fourth-order valence-electron chi connectivity index (χ4n) is 2.40. The largest absolute Gasteiger partial charge is 0.497 e. The van der Waals surface area contributed by atoms with Crippen molar-refractivity contribution in [2.45, 2.75) is 13.5 Å². The van der Waals surface area contributed by atoms with Gasteiger partial charge in [-0.3, -0.25) is 0 Å². The van der Waals surface area contributed by atoms with Crippen LogP contribution in [0.4, 0.5) is 0 Å². The van der Waals surface area contributed by atoms with Gasteiger partial charge in [-0.15, -0.1) is 5.10 Å². The Morgan fingerprint density at radius 2 is 1.91 bits per heavy atom. The van der Waals surface area contributed by atoms with Gasteiger partial charge in [-0.2, -0.15) is 0 Å². The highest BCUT2D eigenvalue weighted by Gasteiger charge is 2.15. The molecule has 5 heteroatoms. The highest BCUT2D eigenvalue weighted by molar-refractivity contribution is 5.65. The molecule has 0 spiro atoms. The van der Waals surface area contributed by atoms with Crippen LogP contribution in [0.2, 0.25) is 0 Å². The summed E-state index contributed by atoms with van der Waals surface area (Å²) in [6, 6.07) is 15.6. The molecule has 0 aliphatic carbocycles. The number of rotatable bonds is 4. The number of nitrogens with zero attached hydrogens (tertiary/aromatic N) is 3. The Morgan fingerprint density at radius 3 is 2.55 bits per heavy atom. The van der Waals surface area contributed by atoms with Crippen LogP contribution in [0.5, 0.6) is 5.75 Å². The van der Waals surface area contributed by atoms with E-state index in [-0.39, 0.29) is 6.61 Å². The van der Waals surface area contributed by atoms with Crippen molar-refractivity contribution in [2.24, 2.45) is 0 Å². The van der Waals surface area contributed by atoms with Gasteiger partial charge in [-0.1, -0.05) is 17.3 Å². The Hall–Kier alpha value is -2.66. The summed E-state index contributed by atoms with van der Waals surface area (Å²) in [5, 5.41) is 17.8. The topological polar surface area (TPSA) is 60.2 Å². The number of ether oxygens (including phenoxy) is 1. The minimum atomic E-state index is -0.160. The van der Waals surface area contributed by atoms with Gasteiger partial charge in [0.1, 0.15) is 17.1 Å². The van der Waals surface area contributed by atoms with E-state index in [9.17, 15) is 5.11 Å². The number of aromatic nitrogens is 3. The second kappa shape index (κ2) is 5.99. The number of hydrogen-bond acceptors (Lipinski definition) is 4. The average Bonchev–Trinajstić information content (AvgIpc) is 2.99. The number of hydrogen-bond donors (Lipinski definition) is 1. The third kappa shape index (κ3) is 2.58. The van der Waals surface area contributed by atoms with Gasteiger partial charge in [0.15, 0.2) is 0 Å². The summed E-state index contributed by atoms with van der Waals surface area (Å²) in [6.45, 7) is 1.87. The van der Waals surface area contributed by atoms with Crippen molar-refractivity contribution in [3.05, 3.63) is 59.8 Å². The van der Waals surface area contributed by atoms with Crippen LogP contribution in [0.1, 0.15) is 11.3 Å². The molecule has 0 atom stereocenters. The van der Waals surface area contributed by atoms with E-state index >= 15 is 0 Å². The van der Waals surface area contributed by atoms with Crippen molar-refractivity contribution < 1.29 is 9.84 Å². The monoisotopic (exact) mass is 295 g/mol. The zero-order valence-electron chi connectivity index (χ0n) is 12.5. The highest BCUT2D eigenvalue weighted by Crippen LogP contribution is 2.27. The SMILES string of the molecule is COc1ccc(-c2c(CO)nnn2-c2cccc(C)c2)cc1. The van der Waals surface area contributed by atoms with Gasteiger partial charge >= 0.3 is 0 Å². The first-order valence-corrected chi connectivity index (χ1v) is 7.00. The van der Waals surface area contributed by atoms with Crippen LogP contribution in [-0.2, 0) is 6.61 Å². The van der Waals surface area contributed by atoms with E-state index in [4.69, 9.17) is 4.74 Å². The molecule has 0 aliphatic rings. The molecule has 0 saturated heterocycles. The maximum Gasteiger partial charge on any atom is 0.118 e. The minimum absolute atomic E-state index is 0.160. The number of aliphatic hydroxyl groups excluding tert-OH is 1. The molecule has 2 aromatic carbocycles. The van der Waals surface area contributed by atoms with E-state index in [1.165, 1.54) is 0 Å². The Labute approximate surface area is 128 Å². The first kappa shape index (κ1) is 14.3. The number of aryl methyl sites for hydroxylation is 1. The molecule has 22 heavy (non-hydrogen) atoms. The lowest BCUT2D eigenvalue weighted by atomic mass is 10.1. The molecule has 0 saturated carbocycles. The highest BCUT2D eigenvalue weighted by atomic mass is 16.5. The Bertz CT molecular complexity index is 779. The Kier molecular flexibility index (Phi) is 3.89. The van der Waals surface area contributed by atoms with E-state index in [0.29, 0.717) is 5.69 Å². The molecule has 0 unspecified atom stereocenters. The summed E-state index contributed by atoms with van der Waals surface area (Å²) >= 11 is 0. The summed E-state index contributed by atoms with van der Waals surface area (Å²) in [7, 11) is 1.63. The molecule has 1 N–H and O–H groups in total. The average molecular weight is 295 g/mol. The van der Waals surface area contributed by atoms with E-state index in [1.807, 2.05) is 55.5 Å². The first-order valence-electron chi connectivity index (χ1n) is 7.00. The fraction of sp³-hybridized carbons (Fsp3) is 0.176. The first-order chi connectivity index (χ1) is 10.7. The van der Waals surface area contributed by atoms with E-state index in [2.05, 4.69) is 10.3 Å². The van der Waals surface area contributed by atoms with Gasteiger partial charge in [-0.25, -0.2) is 4.68 Å². The summed E-state index contributed by atoms with van der Waals surface area (Å²) in [5.74, 6) is 0.781. The molecular weight excluding hydrogens is 278 g/mol. The van der Waals surface area contributed by atoms with Crippen molar-refractivity contribution in [1.29, 1.82) is 0 Å². The zero-order valence-corrected chi connectivity index (χ0v) is 12.5. The van der Waals surface area contributed by atoms with E-state index in [1.54, 1.807) is 11.8 Å². The van der Waals surface area contributed by atoms with Crippen LogP contribution in [0, 0.1) is 6.92 Å². The van der Waals surface area contributed by atoms with Gasteiger partial charge < -0.3 is 9.84 Å². The predicted molar refractivity (Wildman–Crippen MR) is 84.0 cm³/mol. The molecule has 0 aliphatic heterocycles. The summed E-state index contributed by atoms with van der Waals surface area (Å²) in [5.41, 5.74) is 4.32. The molecule has 5 nitrogen and oxygen atoms in total. The van der Waals surface area contributed by atoms with Gasteiger partial charge in [0.2, 0.25) is 0 Å². The molecule has 112 valence electrons. The van der Waals surface area contributed by atoms with Crippen molar-refractivity contribution in [3.8, 4) is 22.7 Å². The van der Waals surface area contributed by atoms with E-state index < -0.39 is 0 Å². The Morgan fingerprint density at radius 1 is 1.14 bits per heavy atom. The lowest BCUT2D eigenvalue weighted by molar-refractivity contribution is 0.277. The summed E-state index contributed by atoms with van der Waals surface area (Å²) < 4.78 is 6.94. The van der Waals surface area contributed by atoms with Gasteiger partial charge in [0.05, 0.1) is 19.4 Å². The van der Waals surface area contributed by atoms with Crippen LogP contribution in [0.15, 0.2) is 48.5 Å². The molecule has 0 radical (unpaired) electrons. The lowest BCUT2D eigenvalue weighted by Gasteiger charge is -2.09. The van der Waals surface area contributed by atoms with Gasteiger partial charge in [-0.05, 0) is 48.9 Å². The fourth-order valence-corrected chi connectivity index (χ4v) is 2.40. The van der Waals surface area contributed by atoms with Crippen LogP contribution < -0.4 is 4.74 Å². The number of methoxy groups -OCH3 is 1. The Balaban J connectivity index is 2.14. The van der Waals surface area contributed by atoms with Crippen LogP contribution in [0.25, 0.3) is 16.9 Å². The third-order valence-corrected chi connectivity index (χ3v) is 3.50. The third-order valence-electron chi connectivity index (χ3n) is 3.50. The van der Waals surface area contributed by atoms with Gasteiger partial charge in [0, 0.05) is 5.56 Å². The van der Waals surface area contributed by atoms with Crippen molar-refractivity contribution >= 4 is 0 Å².